The maximum Gasteiger partial charge on any atom is 0.0985 e. The number of anilines is 1. The van der Waals surface area contributed by atoms with E-state index in [0.717, 1.165) is 15.9 Å². The Hall–Kier alpha value is -0.870. The Bertz CT molecular complexity index is 641. The molecule has 0 saturated carbocycles. The van der Waals surface area contributed by atoms with Gasteiger partial charge in [-0.1, -0.05) is 42.8 Å². The van der Waals surface area contributed by atoms with Crippen LogP contribution in [0.25, 0.3) is 0 Å². The minimum atomic E-state index is 0.111. The van der Waals surface area contributed by atoms with Crippen LogP contribution in [0.15, 0.2) is 22.7 Å². The first-order chi connectivity index (χ1) is 9.68. The monoisotopic (exact) mass is 366 g/mol. The molecule has 1 aromatic heterocycles. The molecule has 0 aliphatic rings. The number of nitrogens with one attached hydrogen (secondary N) is 1. The molecule has 0 saturated heterocycles. The summed E-state index contributed by atoms with van der Waals surface area (Å²) in [5.41, 5.74) is 3.62. The van der Waals surface area contributed by atoms with Crippen molar-refractivity contribution in [3.63, 3.8) is 0 Å². The Kier molecular flexibility index (Phi) is 4.79. The van der Waals surface area contributed by atoms with Gasteiger partial charge in [0.25, 0.3) is 0 Å². The van der Waals surface area contributed by atoms with E-state index in [1.54, 1.807) is 0 Å². The van der Waals surface area contributed by atoms with E-state index in [-0.39, 0.29) is 11.5 Å². The minimum Gasteiger partial charge on any atom is -0.378 e. The Morgan fingerprint density at radius 2 is 1.90 bits per heavy atom. The highest BCUT2D eigenvalue weighted by molar-refractivity contribution is 9.10. The van der Waals surface area contributed by atoms with E-state index in [4.69, 9.17) is 4.98 Å². The van der Waals surface area contributed by atoms with Gasteiger partial charge in [-0.15, -0.1) is 11.3 Å². The fourth-order valence-electron chi connectivity index (χ4n) is 2.13. The molecule has 0 bridgehead atoms. The van der Waals surface area contributed by atoms with E-state index < -0.39 is 0 Å². The van der Waals surface area contributed by atoms with E-state index in [1.165, 1.54) is 15.4 Å². The quantitative estimate of drug-likeness (QED) is 0.720. The second-order valence-electron chi connectivity index (χ2n) is 6.55. The average molecular weight is 367 g/mol. The molecule has 21 heavy (non-hydrogen) atoms. The van der Waals surface area contributed by atoms with Gasteiger partial charge in [0.15, 0.2) is 0 Å². The van der Waals surface area contributed by atoms with Crippen molar-refractivity contribution in [1.29, 1.82) is 0 Å². The molecule has 0 radical (unpaired) electrons. The van der Waals surface area contributed by atoms with Crippen LogP contribution in [0.4, 0.5) is 5.69 Å². The molecule has 1 atom stereocenters. The molecule has 1 heterocycles. The van der Waals surface area contributed by atoms with Crippen molar-refractivity contribution in [2.24, 2.45) is 0 Å². The van der Waals surface area contributed by atoms with E-state index in [1.807, 2.05) is 11.3 Å². The highest BCUT2D eigenvalue weighted by Crippen LogP contribution is 2.34. The van der Waals surface area contributed by atoms with Crippen LogP contribution in [0.2, 0.25) is 0 Å². The maximum absolute atomic E-state index is 4.75. The van der Waals surface area contributed by atoms with E-state index in [9.17, 15) is 0 Å². The summed E-state index contributed by atoms with van der Waals surface area (Å²) in [7, 11) is 0. The van der Waals surface area contributed by atoms with Gasteiger partial charge >= 0.3 is 0 Å². The van der Waals surface area contributed by atoms with Gasteiger partial charge in [0.05, 0.1) is 16.7 Å². The second-order valence-corrected chi connectivity index (χ2v) is 8.43. The summed E-state index contributed by atoms with van der Waals surface area (Å²) < 4.78 is 1.14. The number of aryl methyl sites for hydroxylation is 2. The summed E-state index contributed by atoms with van der Waals surface area (Å²) in [6, 6.07) is 6.64. The molecule has 0 fully saturated rings. The topological polar surface area (TPSA) is 24.9 Å². The number of benzene rings is 1. The summed E-state index contributed by atoms with van der Waals surface area (Å²) in [4.78, 5) is 6.06. The zero-order valence-corrected chi connectivity index (χ0v) is 15.9. The summed E-state index contributed by atoms with van der Waals surface area (Å²) in [6.45, 7) is 13.0. The van der Waals surface area contributed by atoms with Crippen LogP contribution in [-0.4, -0.2) is 4.98 Å². The molecule has 0 amide bonds. The third-order valence-electron chi connectivity index (χ3n) is 3.42. The van der Waals surface area contributed by atoms with Crippen LogP contribution in [0.5, 0.6) is 0 Å². The molecule has 1 aromatic carbocycles. The summed E-state index contributed by atoms with van der Waals surface area (Å²) in [6.07, 6.45) is 0. The van der Waals surface area contributed by atoms with Crippen LogP contribution in [0.3, 0.4) is 0 Å². The lowest BCUT2D eigenvalue weighted by molar-refractivity contribution is 0.584. The highest BCUT2D eigenvalue weighted by atomic mass is 79.9. The van der Waals surface area contributed by atoms with Crippen molar-refractivity contribution in [2.75, 3.05) is 5.32 Å². The van der Waals surface area contributed by atoms with Gasteiger partial charge in [-0.3, -0.25) is 0 Å². The Morgan fingerprint density at radius 3 is 2.43 bits per heavy atom. The molecule has 0 aliphatic heterocycles. The number of hydrogen-bond acceptors (Lipinski definition) is 3. The van der Waals surface area contributed by atoms with Crippen molar-refractivity contribution in [3.8, 4) is 0 Å². The first-order valence-corrected chi connectivity index (χ1v) is 8.80. The lowest BCUT2D eigenvalue weighted by Gasteiger charge is -2.16. The van der Waals surface area contributed by atoms with Crippen LogP contribution in [0, 0.1) is 13.8 Å². The first kappa shape index (κ1) is 16.5. The third-order valence-corrected chi connectivity index (χ3v) is 6.04. The molecule has 2 aromatic rings. The number of aromatic nitrogens is 1. The molecule has 2 rings (SSSR count). The van der Waals surface area contributed by atoms with Crippen LogP contribution in [-0.2, 0) is 5.41 Å². The average Bonchev–Trinajstić information content (AvgIpc) is 2.76. The normalized spacial score (nSPS) is 13.3. The standard InChI is InChI=1S/C17H23BrN2S/c1-10-7-8-13(9-14(10)18)19-11(2)15-12(3)20-16(21-15)17(4,5)6/h7-9,11,19H,1-6H3. The van der Waals surface area contributed by atoms with Gasteiger partial charge in [0.2, 0.25) is 0 Å². The number of nitrogens with zero attached hydrogens (tertiary/aromatic N) is 1. The predicted octanol–water partition coefficient (Wildman–Crippen LogP) is 5.99. The van der Waals surface area contributed by atoms with Gasteiger partial charge in [-0.2, -0.15) is 0 Å². The smallest absolute Gasteiger partial charge is 0.0985 e. The molecule has 4 heteroatoms. The van der Waals surface area contributed by atoms with E-state index in [0.29, 0.717) is 0 Å². The number of halogens is 1. The van der Waals surface area contributed by atoms with Gasteiger partial charge in [-0.05, 0) is 38.5 Å². The lowest BCUT2D eigenvalue weighted by Crippen LogP contribution is -2.10. The molecule has 114 valence electrons. The molecule has 0 aliphatic carbocycles. The fraction of sp³-hybridized carbons (Fsp3) is 0.471. The van der Waals surface area contributed by atoms with Crippen molar-refractivity contribution < 1.29 is 0 Å². The van der Waals surface area contributed by atoms with Crippen LogP contribution >= 0.6 is 27.3 Å². The zero-order valence-electron chi connectivity index (χ0n) is 13.5. The van der Waals surface area contributed by atoms with Crippen molar-refractivity contribution in [3.05, 3.63) is 43.8 Å². The summed E-state index contributed by atoms with van der Waals surface area (Å²) >= 11 is 5.40. The second kappa shape index (κ2) is 6.09. The first-order valence-electron chi connectivity index (χ1n) is 7.19. The molecule has 1 N–H and O–H groups in total. The minimum absolute atomic E-state index is 0.111. The van der Waals surface area contributed by atoms with Crippen molar-refractivity contribution in [2.45, 2.75) is 53.0 Å². The molecule has 0 spiro atoms. The Balaban J connectivity index is 2.22. The molecule has 2 nitrogen and oxygen atoms in total. The van der Waals surface area contributed by atoms with Gasteiger partial charge in [0.1, 0.15) is 0 Å². The Labute approximate surface area is 140 Å². The molecular formula is C17H23BrN2S. The number of rotatable bonds is 3. The highest BCUT2D eigenvalue weighted by Gasteiger charge is 2.22. The third kappa shape index (κ3) is 3.86. The SMILES string of the molecule is Cc1ccc(NC(C)c2sc(C(C)(C)C)nc2C)cc1Br. The van der Waals surface area contributed by atoms with Gasteiger partial charge < -0.3 is 5.32 Å². The zero-order chi connectivity index (χ0) is 15.8. The van der Waals surface area contributed by atoms with E-state index in [2.05, 4.69) is 81.0 Å². The van der Waals surface area contributed by atoms with Crippen molar-refractivity contribution >= 4 is 33.0 Å². The molecular weight excluding hydrogens is 344 g/mol. The largest absolute Gasteiger partial charge is 0.378 e. The summed E-state index contributed by atoms with van der Waals surface area (Å²) in [5, 5.41) is 4.77. The fourth-order valence-corrected chi connectivity index (χ4v) is 3.63. The van der Waals surface area contributed by atoms with Gasteiger partial charge in [-0.25, -0.2) is 4.98 Å². The summed E-state index contributed by atoms with van der Waals surface area (Å²) in [5.74, 6) is 0. The molecule has 1 unspecified atom stereocenters. The number of hydrogen-bond donors (Lipinski definition) is 1. The van der Waals surface area contributed by atoms with Crippen molar-refractivity contribution in [1.82, 2.24) is 4.98 Å². The van der Waals surface area contributed by atoms with E-state index >= 15 is 0 Å². The Morgan fingerprint density at radius 1 is 1.24 bits per heavy atom. The predicted molar refractivity (Wildman–Crippen MR) is 96.5 cm³/mol. The lowest BCUT2D eigenvalue weighted by atomic mass is 9.98. The van der Waals surface area contributed by atoms with Gasteiger partial charge in [0, 0.05) is 20.5 Å². The maximum atomic E-state index is 4.75. The number of thiazole rings is 1. The van der Waals surface area contributed by atoms with Crippen LogP contribution < -0.4 is 5.32 Å². The van der Waals surface area contributed by atoms with Crippen LogP contribution in [0.1, 0.15) is 54.9 Å².